The van der Waals surface area contributed by atoms with Crippen LogP contribution in [0, 0.1) is 0 Å². The van der Waals surface area contributed by atoms with E-state index in [4.69, 9.17) is 11.6 Å². The maximum Gasteiger partial charge on any atom is 0.280 e. The number of imide groups is 1. The molecule has 0 spiro atoms. The van der Waals surface area contributed by atoms with E-state index in [-0.39, 0.29) is 22.4 Å². The zero-order valence-corrected chi connectivity index (χ0v) is 11.8. The SMILES string of the molecule is O=C(NN1C(=O)c2ccc(Cl)cc2C1=O)c1ccccc1O. The number of phenols is 1. The summed E-state index contributed by atoms with van der Waals surface area (Å²) in [5.41, 5.74) is 2.43. The fraction of sp³-hybridized carbons (Fsp3) is 0. The van der Waals surface area contributed by atoms with Gasteiger partial charge in [0.2, 0.25) is 0 Å². The van der Waals surface area contributed by atoms with Crippen molar-refractivity contribution in [3.05, 3.63) is 64.2 Å². The van der Waals surface area contributed by atoms with Crippen LogP contribution >= 0.6 is 11.6 Å². The van der Waals surface area contributed by atoms with Crippen molar-refractivity contribution in [1.29, 1.82) is 0 Å². The molecule has 6 nitrogen and oxygen atoms in total. The van der Waals surface area contributed by atoms with Crippen molar-refractivity contribution in [2.75, 3.05) is 0 Å². The number of nitrogens with one attached hydrogen (secondary N) is 1. The van der Waals surface area contributed by atoms with Gasteiger partial charge in [-0.25, -0.2) is 0 Å². The Bertz CT molecular complexity index is 819. The summed E-state index contributed by atoms with van der Waals surface area (Å²) in [6, 6.07) is 10.1. The molecule has 2 N–H and O–H groups in total. The zero-order valence-electron chi connectivity index (χ0n) is 11.0. The Hall–Kier alpha value is -2.86. The summed E-state index contributed by atoms with van der Waals surface area (Å²) in [5, 5.41) is 10.6. The van der Waals surface area contributed by atoms with Crippen molar-refractivity contribution in [3.8, 4) is 5.75 Å². The maximum absolute atomic E-state index is 12.2. The second-order valence-corrected chi connectivity index (χ2v) is 5.03. The number of halogens is 1. The lowest BCUT2D eigenvalue weighted by atomic mass is 10.1. The molecule has 3 rings (SSSR count). The van der Waals surface area contributed by atoms with Crippen molar-refractivity contribution in [3.63, 3.8) is 0 Å². The van der Waals surface area contributed by atoms with Crippen molar-refractivity contribution in [1.82, 2.24) is 10.4 Å². The van der Waals surface area contributed by atoms with Gasteiger partial charge in [0.25, 0.3) is 17.7 Å². The lowest BCUT2D eigenvalue weighted by molar-refractivity contribution is 0.0517. The summed E-state index contributed by atoms with van der Waals surface area (Å²) in [6.07, 6.45) is 0. The van der Waals surface area contributed by atoms with Crippen LogP contribution in [0.2, 0.25) is 5.02 Å². The molecule has 0 unspecified atom stereocenters. The molecule has 2 aromatic carbocycles. The molecule has 1 aliphatic rings. The van der Waals surface area contributed by atoms with Crippen LogP contribution in [0.4, 0.5) is 0 Å². The average molecular weight is 317 g/mol. The smallest absolute Gasteiger partial charge is 0.280 e. The van der Waals surface area contributed by atoms with Crippen LogP contribution in [-0.2, 0) is 0 Å². The highest BCUT2D eigenvalue weighted by Crippen LogP contribution is 2.25. The van der Waals surface area contributed by atoms with E-state index in [1.165, 1.54) is 30.3 Å². The van der Waals surface area contributed by atoms with Crippen molar-refractivity contribution >= 4 is 29.3 Å². The number of hydrogen-bond acceptors (Lipinski definition) is 4. The standard InChI is InChI=1S/C15H9ClN2O4/c16-8-5-6-9-11(7-8)15(22)18(14(9)21)17-13(20)10-3-1-2-4-12(10)19/h1-7,19H,(H,17,20). The van der Waals surface area contributed by atoms with Gasteiger partial charge >= 0.3 is 0 Å². The van der Waals surface area contributed by atoms with Crippen LogP contribution in [0.5, 0.6) is 5.75 Å². The van der Waals surface area contributed by atoms with Gasteiger partial charge in [-0.2, -0.15) is 5.01 Å². The number of carbonyl (C=O) groups is 3. The summed E-state index contributed by atoms with van der Waals surface area (Å²) < 4.78 is 0. The minimum absolute atomic E-state index is 0.0444. The normalized spacial score (nSPS) is 13.2. The van der Waals surface area contributed by atoms with E-state index in [1.807, 2.05) is 0 Å². The summed E-state index contributed by atoms with van der Waals surface area (Å²) in [5.74, 6) is -2.34. The van der Waals surface area contributed by atoms with E-state index < -0.39 is 17.7 Å². The number of amides is 3. The average Bonchev–Trinajstić information content (AvgIpc) is 2.72. The number of benzene rings is 2. The molecule has 7 heteroatoms. The van der Waals surface area contributed by atoms with E-state index in [9.17, 15) is 19.5 Å². The first kappa shape index (κ1) is 14.1. The Morgan fingerprint density at radius 1 is 1.05 bits per heavy atom. The van der Waals surface area contributed by atoms with Gasteiger partial charge in [0.15, 0.2) is 0 Å². The number of carbonyl (C=O) groups excluding carboxylic acids is 3. The number of hydrazine groups is 1. The largest absolute Gasteiger partial charge is 0.507 e. The number of nitrogens with zero attached hydrogens (tertiary/aromatic N) is 1. The predicted molar refractivity (Wildman–Crippen MR) is 77.5 cm³/mol. The highest BCUT2D eigenvalue weighted by molar-refractivity contribution is 6.32. The second kappa shape index (κ2) is 5.16. The number of hydrogen-bond donors (Lipinski definition) is 2. The van der Waals surface area contributed by atoms with Crippen LogP contribution < -0.4 is 5.43 Å². The first-order valence-corrected chi connectivity index (χ1v) is 6.64. The molecule has 0 radical (unpaired) electrons. The summed E-state index contributed by atoms with van der Waals surface area (Å²) in [6.45, 7) is 0. The van der Waals surface area contributed by atoms with E-state index in [1.54, 1.807) is 12.1 Å². The molecule has 0 saturated heterocycles. The molecule has 1 heterocycles. The summed E-state index contributed by atoms with van der Waals surface area (Å²) in [7, 11) is 0. The number of para-hydroxylation sites is 1. The third kappa shape index (κ3) is 2.19. The highest BCUT2D eigenvalue weighted by Gasteiger charge is 2.37. The molecule has 22 heavy (non-hydrogen) atoms. The molecule has 3 amide bonds. The Morgan fingerprint density at radius 3 is 2.45 bits per heavy atom. The van der Waals surface area contributed by atoms with Gasteiger partial charge in [-0.1, -0.05) is 23.7 Å². The fourth-order valence-corrected chi connectivity index (χ4v) is 2.31. The number of aromatic hydroxyl groups is 1. The minimum atomic E-state index is -0.765. The molecule has 0 aromatic heterocycles. The lowest BCUT2D eigenvalue weighted by Gasteiger charge is -2.15. The monoisotopic (exact) mass is 316 g/mol. The van der Waals surface area contributed by atoms with Gasteiger partial charge in [-0.3, -0.25) is 19.8 Å². The van der Waals surface area contributed by atoms with Gasteiger partial charge in [-0.15, -0.1) is 0 Å². The maximum atomic E-state index is 12.2. The number of phenolic OH excluding ortho intramolecular Hbond substituents is 1. The molecule has 0 aliphatic carbocycles. The van der Waals surface area contributed by atoms with E-state index in [2.05, 4.69) is 5.43 Å². The minimum Gasteiger partial charge on any atom is -0.507 e. The Kier molecular flexibility index (Phi) is 3.30. The van der Waals surface area contributed by atoms with Gasteiger partial charge in [0, 0.05) is 5.02 Å². The third-order valence-corrected chi connectivity index (χ3v) is 3.45. The Balaban J connectivity index is 1.89. The van der Waals surface area contributed by atoms with Crippen LogP contribution in [0.1, 0.15) is 31.1 Å². The molecule has 0 saturated carbocycles. The Labute approximate surface area is 129 Å². The van der Waals surface area contributed by atoms with Crippen molar-refractivity contribution in [2.24, 2.45) is 0 Å². The van der Waals surface area contributed by atoms with Crippen molar-refractivity contribution in [2.45, 2.75) is 0 Å². The summed E-state index contributed by atoms with van der Waals surface area (Å²) >= 11 is 5.80. The van der Waals surface area contributed by atoms with Gasteiger partial charge < -0.3 is 5.11 Å². The molecular formula is C15H9ClN2O4. The van der Waals surface area contributed by atoms with Crippen LogP contribution in [0.3, 0.4) is 0 Å². The van der Waals surface area contributed by atoms with Crippen LogP contribution in [-0.4, -0.2) is 27.8 Å². The molecule has 0 bridgehead atoms. The van der Waals surface area contributed by atoms with Crippen molar-refractivity contribution < 1.29 is 19.5 Å². The number of fused-ring (bicyclic) bond motifs is 1. The molecular weight excluding hydrogens is 308 g/mol. The first-order valence-electron chi connectivity index (χ1n) is 6.26. The molecule has 1 aliphatic heterocycles. The van der Waals surface area contributed by atoms with E-state index in [0.717, 1.165) is 0 Å². The van der Waals surface area contributed by atoms with Gasteiger partial charge in [-0.05, 0) is 30.3 Å². The number of rotatable bonds is 2. The third-order valence-electron chi connectivity index (χ3n) is 3.21. The predicted octanol–water partition coefficient (Wildman–Crippen LogP) is 1.99. The molecule has 0 atom stereocenters. The molecule has 0 fully saturated rings. The molecule has 2 aromatic rings. The van der Waals surface area contributed by atoms with E-state index >= 15 is 0 Å². The second-order valence-electron chi connectivity index (χ2n) is 4.59. The van der Waals surface area contributed by atoms with E-state index in [0.29, 0.717) is 10.0 Å². The summed E-state index contributed by atoms with van der Waals surface area (Å²) in [4.78, 5) is 36.4. The molecule has 110 valence electrons. The highest BCUT2D eigenvalue weighted by atomic mass is 35.5. The zero-order chi connectivity index (χ0) is 15.9. The van der Waals surface area contributed by atoms with Gasteiger partial charge in [0.05, 0.1) is 16.7 Å². The lowest BCUT2D eigenvalue weighted by Crippen LogP contribution is -2.45. The fourth-order valence-electron chi connectivity index (χ4n) is 2.14. The van der Waals surface area contributed by atoms with Crippen LogP contribution in [0.15, 0.2) is 42.5 Å². The topological polar surface area (TPSA) is 86.7 Å². The van der Waals surface area contributed by atoms with Gasteiger partial charge in [0.1, 0.15) is 5.75 Å². The quantitative estimate of drug-likeness (QED) is 0.829. The van der Waals surface area contributed by atoms with Crippen LogP contribution in [0.25, 0.3) is 0 Å². The first-order chi connectivity index (χ1) is 10.5. The Morgan fingerprint density at radius 2 is 1.73 bits per heavy atom.